The summed E-state index contributed by atoms with van der Waals surface area (Å²) < 4.78 is 11.2. The Morgan fingerprint density at radius 1 is 1.38 bits per heavy atom. The maximum Gasteiger partial charge on any atom is 0.342 e. The number of esters is 1. The Balaban J connectivity index is 2.64. The van der Waals surface area contributed by atoms with E-state index in [1.807, 2.05) is 0 Å². The highest BCUT2D eigenvalue weighted by atomic mass is 28.3. The summed E-state index contributed by atoms with van der Waals surface area (Å²) in [5, 5.41) is 0. The lowest BCUT2D eigenvalue weighted by Crippen LogP contribution is -2.28. The van der Waals surface area contributed by atoms with Gasteiger partial charge in [0.25, 0.3) is 0 Å². The maximum absolute atomic E-state index is 12.3. The Labute approximate surface area is 156 Å². The van der Waals surface area contributed by atoms with Crippen molar-refractivity contribution in [3.8, 4) is 5.75 Å². The molecule has 0 saturated carbocycles. The molecule has 1 aromatic rings. The number of hydrogen-bond donors (Lipinski definition) is 0. The zero-order chi connectivity index (χ0) is 19.6. The molecule has 1 aliphatic rings. The number of fused-ring (bicyclic) bond motifs is 1. The van der Waals surface area contributed by atoms with Gasteiger partial charge in [0.2, 0.25) is 7.85 Å². The van der Waals surface area contributed by atoms with Gasteiger partial charge in [-0.1, -0.05) is 19.6 Å². The van der Waals surface area contributed by atoms with Crippen molar-refractivity contribution >= 4 is 39.7 Å². The fourth-order valence-corrected chi connectivity index (χ4v) is 3.73. The van der Waals surface area contributed by atoms with Crippen LogP contribution in [-0.2, 0) is 22.6 Å². The van der Waals surface area contributed by atoms with E-state index in [-0.39, 0.29) is 13.0 Å². The van der Waals surface area contributed by atoms with Crippen molar-refractivity contribution in [3.05, 3.63) is 22.3 Å². The molecule has 0 N–H and O–H groups in total. The van der Waals surface area contributed by atoms with Crippen LogP contribution in [0.3, 0.4) is 0 Å². The molecule has 0 aliphatic carbocycles. The molecule has 26 heavy (non-hydrogen) atoms. The van der Waals surface area contributed by atoms with Gasteiger partial charge in [0.15, 0.2) is 5.81 Å². The van der Waals surface area contributed by atoms with Gasteiger partial charge >= 0.3 is 5.97 Å². The number of aldehydes is 1. The minimum absolute atomic E-state index is 0.0105. The average Bonchev–Trinajstić information content (AvgIpc) is 2.91. The summed E-state index contributed by atoms with van der Waals surface area (Å²) in [5.74, 6) is -0.786. The second kappa shape index (κ2) is 7.65. The smallest absolute Gasteiger partial charge is 0.342 e. The molecule has 1 heterocycles. The van der Waals surface area contributed by atoms with Crippen LogP contribution < -0.4 is 9.64 Å². The Morgan fingerprint density at radius 2 is 2.04 bits per heavy atom. The van der Waals surface area contributed by atoms with Gasteiger partial charge in [-0.05, 0) is 18.5 Å². The number of nitrogens with zero attached hydrogens (tertiary/aromatic N) is 1. The SMILES string of the molecule is [B]C(=O)N(C)c1c(C)c2c(c(OCC[Si](C)(C)C)c1CC=O)C(=O)OC2. The van der Waals surface area contributed by atoms with E-state index in [0.29, 0.717) is 40.3 Å². The number of benzene rings is 1. The largest absolute Gasteiger partial charge is 0.493 e. The van der Waals surface area contributed by atoms with Crippen molar-refractivity contribution in [2.24, 2.45) is 0 Å². The first-order valence-electron chi connectivity index (χ1n) is 8.53. The number of hydrogen-bond acceptors (Lipinski definition) is 5. The van der Waals surface area contributed by atoms with Crippen molar-refractivity contribution in [2.45, 2.75) is 45.6 Å². The third kappa shape index (κ3) is 4.01. The van der Waals surface area contributed by atoms with Gasteiger partial charge in [0.1, 0.15) is 24.2 Å². The Kier molecular flexibility index (Phi) is 5.95. The normalized spacial score (nSPS) is 13.2. The molecule has 0 saturated heterocycles. The molecule has 2 radical (unpaired) electrons. The summed E-state index contributed by atoms with van der Waals surface area (Å²) >= 11 is 0. The number of carbonyl (C=O) groups excluding carboxylic acids is 3. The fourth-order valence-electron chi connectivity index (χ4n) is 3.01. The average molecular weight is 373 g/mol. The van der Waals surface area contributed by atoms with E-state index in [0.717, 1.165) is 12.3 Å². The predicted octanol–water partition coefficient (Wildman–Crippen LogP) is 2.85. The maximum atomic E-state index is 12.3. The fraction of sp³-hybridized carbons (Fsp3) is 0.500. The van der Waals surface area contributed by atoms with Crippen LogP contribution in [-0.4, -0.2) is 47.6 Å². The number of carbonyl (C=O) groups is 3. The second-order valence-electron chi connectivity index (χ2n) is 7.64. The molecule has 1 amide bonds. The summed E-state index contributed by atoms with van der Waals surface area (Å²) in [7, 11) is 5.63. The number of rotatable bonds is 7. The molecule has 0 spiro atoms. The van der Waals surface area contributed by atoms with E-state index in [2.05, 4.69) is 19.6 Å². The Hall–Kier alpha value is -2.09. The Bertz CT molecular complexity index is 757. The summed E-state index contributed by atoms with van der Waals surface area (Å²) in [4.78, 5) is 36.6. The summed E-state index contributed by atoms with van der Waals surface area (Å²) in [6.45, 7) is 9.01. The number of cyclic esters (lactones) is 1. The van der Waals surface area contributed by atoms with Crippen LogP contribution in [0.5, 0.6) is 5.75 Å². The van der Waals surface area contributed by atoms with Crippen LogP contribution in [0.2, 0.25) is 25.7 Å². The third-order valence-electron chi connectivity index (χ3n) is 4.50. The van der Waals surface area contributed by atoms with Gasteiger partial charge < -0.3 is 19.2 Å². The van der Waals surface area contributed by atoms with Crippen molar-refractivity contribution in [3.63, 3.8) is 0 Å². The minimum atomic E-state index is -1.35. The van der Waals surface area contributed by atoms with E-state index >= 15 is 0 Å². The predicted molar refractivity (Wildman–Crippen MR) is 103 cm³/mol. The molecule has 0 unspecified atom stereocenters. The molecular formula is C18H24BNO5Si. The van der Waals surface area contributed by atoms with E-state index in [9.17, 15) is 14.4 Å². The minimum Gasteiger partial charge on any atom is -0.493 e. The lowest BCUT2D eigenvalue weighted by molar-refractivity contribution is -0.107. The molecule has 6 nitrogen and oxygen atoms in total. The van der Waals surface area contributed by atoms with Gasteiger partial charge in [-0.3, -0.25) is 4.79 Å². The quantitative estimate of drug-likeness (QED) is 0.418. The van der Waals surface area contributed by atoms with Crippen LogP contribution in [0.15, 0.2) is 0 Å². The van der Waals surface area contributed by atoms with Crippen LogP contribution in [0, 0.1) is 6.92 Å². The molecule has 0 bridgehead atoms. The van der Waals surface area contributed by atoms with Crippen LogP contribution in [0.1, 0.15) is 27.0 Å². The van der Waals surface area contributed by atoms with E-state index in [1.165, 1.54) is 11.9 Å². The van der Waals surface area contributed by atoms with Gasteiger partial charge in [-0.25, -0.2) is 4.79 Å². The zero-order valence-electron chi connectivity index (χ0n) is 16.0. The number of amides is 1. The van der Waals surface area contributed by atoms with E-state index in [1.54, 1.807) is 6.92 Å². The van der Waals surface area contributed by atoms with Gasteiger partial charge in [-0.15, -0.1) is 0 Å². The summed E-state index contributed by atoms with van der Waals surface area (Å²) in [6, 6.07) is 0.895. The highest BCUT2D eigenvalue weighted by molar-refractivity contribution is 6.76. The first kappa shape index (κ1) is 20.2. The lowest BCUT2D eigenvalue weighted by atomic mass is 9.93. The van der Waals surface area contributed by atoms with Crippen molar-refractivity contribution in [1.29, 1.82) is 0 Å². The van der Waals surface area contributed by atoms with Gasteiger partial charge in [-0.2, -0.15) is 0 Å². The van der Waals surface area contributed by atoms with E-state index < -0.39 is 19.8 Å². The molecule has 0 aromatic heterocycles. The van der Waals surface area contributed by atoms with Gasteiger partial charge in [0, 0.05) is 32.7 Å². The van der Waals surface area contributed by atoms with Crippen molar-refractivity contribution in [2.75, 3.05) is 18.6 Å². The lowest BCUT2D eigenvalue weighted by Gasteiger charge is -2.26. The molecule has 1 aliphatic heterocycles. The summed E-state index contributed by atoms with van der Waals surface area (Å²) in [6.07, 6.45) is 0.738. The second-order valence-corrected chi connectivity index (χ2v) is 13.3. The van der Waals surface area contributed by atoms with E-state index in [4.69, 9.17) is 17.3 Å². The van der Waals surface area contributed by atoms with Gasteiger partial charge in [0.05, 0.1) is 12.3 Å². The topological polar surface area (TPSA) is 72.9 Å². The first-order chi connectivity index (χ1) is 12.1. The highest BCUT2D eigenvalue weighted by Crippen LogP contribution is 2.42. The standard InChI is InChI=1S/C18H24BNO5Si/c1-11-13-10-25-17(22)14(13)16(24-8-9-26(3,4)5)12(6-7-21)15(11)20(2)18(19)23/h7H,6,8-10H2,1-5H3. The molecule has 8 heteroatoms. The highest BCUT2D eigenvalue weighted by Gasteiger charge is 2.34. The Morgan fingerprint density at radius 3 is 2.58 bits per heavy atom. The molecule has 0 fully saturated rings. The van der Waals surface area contributed by atoms with Crippen molar-refractivity contribution < 1.29 is 23.9 Å². The molecular weight excluding hydrogens is 349 g/mol. The number of ether oxygens (including phenoxy) is 2. The summed E-state index contributed by atoms with van der Waals surface area (Å²) in [5.41, 5.74) is 2.73. The molecule has 2 rings (SSSR count). The molecule has 0 atom stereocenters. The molecule has 1 aromatic carbocycles. The van der Waals surface area contributed by atoms with Crippen molar-refractivity contribution in [1.82, 2.24) is 0 Å². The molecule has 138 valence electrons. The third-order valence-corrected chi connectivity index (χ3v) is 6.20. The van der Waals surface area contributed by atoms with Crippen LogP contribution >= 0.6 is 0 Å². The zero-order valence-corrected chi connectivity index (χ0v) is 17.0. The first-order valence-corrected chi connectivity index (χ1v) is 12.2. The van der Waals surface area contributed by atoms with Crippen LogP contribution in [0.4, 0.5) is 10.5 Å². The number of anilines is 1. The monoisotopic (exact) mass is 373 g/mol. The van der Waals surface area contributed by atoms with Crippen LogP contribution in [0.25, 0.3) is 0 Å².